The first-order valence-electron chi connectivity index (χ1n) is 8.82. The molecule has 0 radical (unpaired) electrons. The predicted octanol–water partition coefficient (Wildman–Crippen LogP) is 2.51. The van der Waals surface area contributed by atoms with Crippen LogP contribution in [-0.2, 0) is 16.1 Å². The molecule has 0 bridgehead atoms. The van der Waals surface area contributed by atoms with Crippen LogP contribution >= 0.6 is 0 Å². The Balaban J connectivity index is 1.52. The SMILES string of the molecule is CCn1cc(C(=O)OC(C)C(=O)Nc2ncnc3nc[nH]c23)c2ccccc21. The fourth-order valence-corrected chi connectivity index (χ4v) is 3.03. The first-order chi connectivity index (χ1) is 13.6. The van der Waals surface area contributed by atoms with E-state index in [9.17, 15) is 9.59 Å². The molecule has 3 heterocycles. The number of benzene rings is 1. The van der Waals surface area contributed by atoms with Crippen LogP contribution in [0.5, 0.6) is 0 Å². The van der Waals surface area contributed by atoms with Crippen molar-refractivity contribution >= 4 is 39.8 Å². The zero-order valence-electron chi connectivity index (χ0n) is 15.3. The number of nitrogens with zero attached hydrogens (tertiary/aromatic N) is 4. The molecule has 0 fully saturated rings. The Morgan fingerprint density at radius 3 is 2.89 bits per heavy atom. The largest absolute Gasteiger partial charge is 0.449 e. The summed E-state index contributed by atoms with van der Waals surface area (Å²) in [6.07, 6.45) is 3.50. The summed E-state index contributed by atoms with van der Waals surface area (Å²) in [7, 11) is 0. The third kappa shape index (κ3) is 3.07. The highest BCUT2D eigenvalue weighted by Gasteiger charge is 2.23. The number of esters is 1. The number of carbonyl (C=O) groups excluding carboxylic acids is 2. The fraction of sp³-hybridized carbons (Fsp3) is 0.211. The van der Waals surface area contributed by atoms with Crippen molar-refractivity contribution in [3.63, 3.8) is 0 Å². The smallest absolute Gasteiger partial charge is 0.341 e. The minimum Gasteiger partial charge on any atom is -0.449 e. The van der Waals surface area contributed by atoms with E-state index in [0.717, 1.165) is 17.4 Å². The second-order valence-electron chi connectivity index (χ2n) is 6.21. The second kappa shape index (κ2) is 7.10. The van der Waals surface area contributed by atoms with Crippen LogP contribution in [0, 0.1) is 0 Å². The zero-order valence-corrected chi connectivity index (χ0v) is 15.3. The third-order valence-electron chi connectivity index (χ3n) is 4.47. The van der Waals surface area contributed by atoms with E-state index in [2.05, 4.69) is 25.3 Å². The van der Waals surface area contributed by atoms with Crippen molar-refractivity contribution in [2.24, 2.45) is 0 Å². The van der Waals surface area contributed by atoms with E-state index in [1.807, 2.05) is 35.8 Å². The lowest BCUT2D eigenvalue weighted by atomic mass is 10.2. The van der Waals surface area contributed by atoms with Gasteiger partial charge in [-0.2, -0.15) is 0 Å². The van der Waals surface area contributed by atoms with Crippen LogP contribution < -0.4 is 5.32 Å². The number of fused-ring (bicyclic) bond motifs is 2. The number of para-hydroxylation sites is 1. The highest BCUT2D eigenvalue weighted by atomic mass is 16.5. The molecule has 1 unspecified atom stereocenters. The number of aromatic nitrogens is 5. The Bertz CT molecular complexity index is 1180. The lowest BCUT2D eigenvalue weighted by Crippen LogP contribution is -2.30. The Morgan fingerprint density at radius 1 is 1.25 bits per heavy atom. The number of imidazole rings is 1. The van der Waals surface area contributed by atoms with Gasteiger partial charge in [-0.25, -0.2) is 19.7 Å². The van der Waals surface area contributed by atoms with Crippen molar-refractivity contribution in [2.45, 2.75) is 26.5 Å². The van der Waals surface area contributed by atoms with Crippen molar-refractivity contribution in [3.8, 4) is 0 Å². The molecule has 1 amide bonds. The van der Waals surface area contributed by atoms with Gasteiger partial charge in [0.15, 0.2) is 17.6 Å². The van der Waals surface area contributed by atoms with E-state index in [4.69, 9.17) is 4.74 Å². The molecule has 142 valence electrons. The molecule has 4 rings (SSSR count). The molecule has 1 atom stereocenters. The van der Waals surface area contributed by atoms with Gasteiger partial charge in [0.25, 0.3) is 5.91 Å². The molecule has 1 aromatic carbocycles. The lowest BCUT2D eigenvalue weighted by molar-refractivity contribution is -0.123. The number of ether oxygens (including phenoxy) is 1. The fourth-order valence-electron chi connectivity index (χ4n) is 3.03. The minimum absolute atomic E-state index is 0.276. The maximum absolute atomic E-state index is 12.7. The van der Waals surface area contributed by atoms with Gasteiger partial charge in [0.1, 0.15) is 11.8 Å². The number of carbonyl (C=O) groups is 2. The van der Waals surface area contributed by atoms with E-state index in [0.29, 0.717) is 16.7 Å². The van der Waals surface area contributed by atoms with Gasteiger partial charge in [0.05, 0.1) is 11.9 Å². The number of amides is 1. The lowest BCUT2D eigenvalue weighted by Gasteiger charge is -2.13. The molecule has 9 heteroatoms. The summed E-state index contributed by atoms with van der Waals surface area (Å²) >= 11 is 0. The molecular formula is C19H18N6O3. The highest BCUT2D eigenvalue weighted by molar-refractivity contribution is 6.06. The number of rotatable bonds is 5. The van der Waals surface area contributed by atoms with Crippen molar-refractivity contribution in [2.75, 3.05) is 5.32 Å². The van der Waals surface area contributed by atoms with E-state index < -0.39 is 18.0 Å². The summed E-state index contributed by atoms with van der Waals surface area (Å²) in [5.74, 6) is -0.777. The van der Waals surface area contributed by atoms with Gasteiger partial charge in [0.2, 0.25) is 0 Å². The van der Waals surface area contributed by atoms with E-state index in [1.54, 1.807) is 6.20 Å². The highest BCUT2D eigenvalue weighted by Crippen LogP contribution is 2.23. The Hall–Kier alpha value is -3.75. The molecule has 0 saturated carbocycles. The summed E-state index contributed by atoms with van der Waals surface area (Å²) in [6.45, 7) is 4.23. The number of anilines is 1. The van der Waals surface area contributed by atoms with Crippen LogP contribution in [0.25, 0.3) is 22.1 Å². The number of aromatic amines is 1. The number of aryl methyl sites for hydroxylation is 1. The number of hydrogen-bond donors (Lipinski definition) is 2. The van der Waals surface area contributed by atoms with Crippen LogP contribution in [-0.4, -0.2) is 42.5 Å². The molecule has 0 aliphatic rings. The quantitative estimate of drug-likeness (QED) is 0.516. The zero-order chi connectivity index (χ0) is 19.7. The van der Waals surface area contributed by atoms with Crippen LogP contribution in [0.4, 0.5) is 5.82 Å². The predicted molar refractivity (Wildman–Crippen MR) is 103 cm³/mol. The Kier molecular flexibility index (Phi) is 4.48. The summed E-state index contributed by atoms with van der Waals surface area (Å²) in [5.41, 5.74) is 2.30. The van der Waals surface area contributed by atoms with Crippen LogP contribution in [0.1, 0.15) is 24.2 Å². The van der Waals surface area contributed by atoms with Crippen molar-refractivity contribution in [1.29, 1.82) is 0 Å². The van der Waals surface area contributed by atoms with Crippen molar-refractivity contribution in [3.05, 3.63) is 48.7 Å². The molecule has 4 aromatic rings. The molecule has 0 aliphatic heterocycles. The maximum Gasteiger partial charge on any atom is 0.341 e. The van der Waals surface area contributed by atoms with Crippen LogP contribution in [0.3, 0.4) is 0 Å². The molecule has 2 N–H and O–H groups in total. The first-order valence-corrected chi connectivity index (χ1v) is 8.82. The number of nitrogens with one attached hydrogen (secondary N) is 2. The van der Waals surface area contributed by atoms with Crippen LogP contribution in [0.15, 0.2) is 43.1 Å². The van der Waals surface area contributed by atoms with Gasteiger partial charge in [-0.3, -0.25) is 4.79 Å². The van der Waals surface area contributed by atoms with Crippen LogP contribution in [0.2, 0.25) is 0 Å². The first kappa shape index (κ1) is 17.7. The molecule has 0 spiro atoms. The van der Waals surface area contributed by atoms with Crippen molar-refractivity contribution < 1.29 is 14.3 Å². The van der Waals surface area contributed by atoms with Gasteiger partial charge in [-0.1, -0.05) is 18.2 Å². The maximum atomic E-state index is 12.7. The van der Waals surface area contributed by atoms with Gasteiger partial charge in [0, 0.05) is 23.6 Å². The molecule has 0 saturated heterocycles. The van der Waals surface area contributed by atoms with Crippen molar-refractivity contribution in [1.82, 2.24) is 24.5 Å². The molecule has 28 heavy (non-hydrogen) atoms. The summed E-state index contributed by atoms with van der Waals surface area (Å²) in [4.78, 5) is 40.1. The van der Waals surface area contributed by atoms with Gasteiger partial charge >= 0.3 is 5.97 Å². The summed E-state index contributed by atoms with van der Waals surface area (Å²) in [6, 6.07) is 7.58. The van der Waals surface area contributed by atoms with Gasteiger partial charge in [-0.05, 0) is 19.9 Å². The molecule has 9 nitrogen and oxygen atoms in total. The third-order valence-corrected chi connectivity index (χ3v) is 4.47. The normalized spacial score (nSPS) is 12.2. The second-order valence-corrected chi connectivity index (χ2v) is 6.21. The number of H-pyrrole nitrogens is 1. The topological polar surface area (TPSA) is 115 Å². The number of hydrogen-bond acceptors (Lipinski definition) is 6. The van der Waals surface area contributed by atoms with E-state index in [-0.39, 0.29) is 5.82 Å². The monoisotopic (exact) mass is 378 g/mol. The van der Waals surface area contributed by atoms with Gasteiger partial charge in [-0.15, -0.1) is 0 Å². The molecule has 3 aromatic heterocycles. The minimum atomic E-state index is -1.01. The summed E-state index contributed by atoms with van der Waals surface area (Å²) < 4.78 is 7.36. The average Bonchev–Trinajstić information content (AvgIpc) is 3.33. The van der Waals surface area contributed by atoms with E-state index >= 15 is 0 Å². The molecule has 0 aliphatic carbocycles. The summed E-state index contributed by atoms with van der Waals surface area (Å²) in [5, 5.41) is 3.43. The van der Waals surface area contributed by atoms with Gasteiger partial charge < -0.3 is 19.6 Å². The standard InChI is InChI=1S/C19H18N6O3/c1-3-25-8-13(12-6-4-5-7-14(12)25)19(27)28-11(2)18(26)24-17-15-16(21-9-20-15)22-10-23-17/h4-11H,3H2,1-2H3,(H2,20,21,22,23,24,26). The Morgan fingerprint density at radius 2 is 2.07 bits per heavy atom. The average molecular weight is 378 g/mol. The van der Waals surface area contributed by atoms with E-state index in [1.165, 1.54) is 19.6 Å². The molecular weight excluding hydrogens is 360 g/mol. The Labute approximate surface area is 159 Å².